The molecule has 0 fully saturated rings. The first kappa shape index (κ1) is 33.6. The van der Waals surface area contributed by atoms with Crippen molar-refractivity contribution in [3.05, 3.63) is 84.0 Å². The molecule has 2 aromatic rings. The van der Waals surface area contributed by atoms with Gasteiger partial charge in [-0.3, -0.25) is 0 Å². The molecule has 2 aromatic carbocycles. The van der Waals surface area contributed by atoms with Crippen LogP contribution in [0.5, 0.6) is 11.5 Å². The number of benzene rings is 2. The maximum Gasteiger partial charge on any atom is 0.335 e. The first-order chi connectivity index (χ1) is 19.5. The summed E-state index contributed by atoms with van der Waals surface area (Å²) in [6.07, 6.45) is -0.0571. The topological polar surface area (TPSA) is 89.5 Å². The maximum atomic E-state index is 11.9. The lowest BCUT2D eigenvalue weighted by Gasteiger charge is -2.27. The minimum absolute atomic E-state index is 0.0694. The van der Waals surface area contributed by atoms with Crippen LogP contribution in [0.1, 0.15) is 65.5 Å². The van der Waals surface area contributed by atoms with Gasteiger partial charge in [-0.25, -0.2) is 9.59 Å². The van der Waals surface area contributed by atoms with Crippen LogP contribution in [-0.4, -0.2) is 50.9 Å². The molecule has 0 saturated carbocycles. The zero-order valence-corrected chi connectivity index (χ0v) is 25.2. The molecule has 8 nitrogen and oxygen atoms in total. The third-order valence-corrected chi connectivity index (χ3v) is 6.11. The molecule has 41 heavy (non-hydrogen) atoms. The Kier molecular flexibility index (Phi) is 13.6. The Morgan fingerprint density at radius 2 is 1.02 bits per heavy atom. The van der Waals surface area contributed by atoms with Crippen molar-refractivity contribution in [2.24, 2.45) is 0 Å². The lowest BCUT2D eigenvalue weighted by atomic mass is 9.78. The van der Waals surface area contributed by atoms with Crippen LogP contribution in [-0.2, 0) is 34.0 Å². The number of hydrogen-bond acceptors (Lipinski definition) is 8. The summed E-state index contributed by atoms with van der Waals surface area (Å²) in [4.78, 5) is 23.8. The molecule has 224 valence electrons. The van der Waals surface area contributed by atoms with E-state index in [1.807, 2.05) is 62.4 Å². The Labute approximate surface area is 244 Å². The second-order valence-electron chi connectivity index (χ2n) is 10.3. The van der Waals surface area contributed by atoms with Gasteiger partial charge in [0.2, 0.25) is 12.6 Å². The van der Waals surface area contributed by atoms with E-state index in [2.05, 4.69) is 27.0 Å². The molecule has 0 heterocycles. The molecule has 8 heteroatoms. The molecule has 0 N–H and O–H groups in total. The van der Waals surface area contributed by atoms with Crippen LogP contribution in [0.2, 0.25) is 0 Å². The fourth-order valence-corrected chi connectivity index (χ4v) is 3.60. The van der Waals surface area contributed by atoms with E-state index >= 15 is 0 Å². The van der Waals surface area contributed by atoms with E-state index < -0.39 is 24.5 Å². The van der Waals surface area contributed by atoms with Crippen LogP contribution in [0.25, 0.3) is 0 Å². The highest BCUT2D eigenvalue weighted by molar-refractivity contribution is 5.87. The van der Waals surface area contributed by atoms with Gasteiger partial charge in [0.1, 0.15) is 11.5 Å². The maximum absolute atomic E-state index is 11.9. The Hall–Kier alpha value is -3.62. The summed E-state index contributed by atoms with van der Waals surface area (Å²) < 4.78 is 33.6. The third-order valence-electron chi connectivity index (χ3n) is 6.11. The molecular formula is C33H44O8. The molecule has 0 saturated heterocycles. The van der Waals surface area contributed by atoms with E-state index in [0.29, 0.717) is 35.9 Å². The number of carbonyl (C=O) groups excluding carboxylic acids is 2. The summed E-state index contributed by atoms with van der Waals surface area (Å²) in [6.45, 7) is 19.6. The highest BCUT2D eigenvalue weighted by Gasteiger charge is 2.24. The van der Waals surface area contributed by atoms with Crippen LogP contribution >= 0.6 is 0 Å². The first-order valence-electron chi connectivity index (χ1n) is 13.9. The molecule has 2 rings (SSSR count). The molecule has 0 aromatic heterocycles. The fraction of sp³-hybridized carbons (Fsp3) is 0.455. The number of carbonyl (C=O) groups is 2. The second kappa shape index (κ2) is 16.6. The number of ether oxygens (including phenoxy) is 6. The van der Waals surface area contributed by atoms with Crippen molar-refractivity contribution in [1.82, 2.24) is 0 Å². The van der Waals surface area contributed by atoms with E-state index in [9.17, 15) is 9.59 Å². The summed E-state index contributed by atoms with van der Waals surface area (Å²) in [7, 11) is 0. The van der Waals surface area contributed by atoms with Gasteiger partial charge >= 0.3 is 11.9 Å². The van der Waals surface area contributed by atoms with E-state index in [-0.39, 0.29) is 18.6 Å². The Balaban J connectivity index is 2.01. The zero-order chi connectivity index (χ0) is 30.4. The van der Waals surface area contributed by atoms with Crippen molar-refractivity contribution in [2.45, 2.75) is 72.4 Å². The van der Waals surface area contributed by atoms with Gasteiger partial charge in [0.15, 0.2) is 13.2 Å². The van der Waals surface area contributed by atoms with E-state index in [0.717, 1.165) is 24.0 Å². The molecule has 2 atom stereocenters. The highest BCUT2D eigenvalue weighted by Crippen LogP contribution is 2.33. The third kappa shape index (κ3) is 11.1. The van der Waals surface area contributed by atoms with Crippen molar-refractivity contribution >= 4 is 11.9 Å². The van der Waals surface area contributed by atoms with Gasteiger partial charge in [0.05, 0.1) is 13.2 Å². The fourth-order valence-electron chi connectivity index (χ4n) is 3.60. The second-order valence-corrected chi connectivity index (χ2v) is 10.3. The lowest BCUT2D eigenvalue weighted by molar-refractivity contribution is -0.181. The molecule has 0 bridgehead atoms. The number of esters is 2. The lowest BCUT2D eigenvalue weighted by Crippen LogP contribution is -2.28. The SMILES string of the molecule is C=C(C)C(=O)OC(COc1ccc(C(C)(C)c2ccc(OCC(OCCC)OC(=O)C(=C)C)cc2)cc1)OCCC. The summed E-state index contributed by atoms with van der Waals surface area (Å²) >= 11 is 0. The minimum Gasteiger partial charge on any atom is -0.487 e. The molecule has 0 aliphatic carbocycles. The van der Waals surface area contributed by atoms with Gasteiger partial charge in [-0.05, 0) is 62.1 Å². The van der Waals surface area contributed by atoms with E-state index in [4.69, 9.17) is 28.4 Å². The molecule has 0 amide bonds. The number of rotatable bonds is 18. The smallest absolute Gasteiger partial charge is 0.335 e. The van der Waals surface area contributed by atoms with Gasteiger partial charge in [-0.1, -0.05) is 65.1 Å². The normalized spacial score (nSPS) is 12.6. The summed E-state index contributed by atoms with van der Waals surface area (Å²) in [5.41, 5.74) is 2.48. The van der Waals surface area contributed by atoms with Gasteiger partial charge in [0.25, 0.3) is 0 Å². The average Bonchev–Trinajstić information content (AvgIpc) is 2.95. The van der Waals surface area contributed by atoms with Gasteiger partial charge in [0, 0.05) is 16.6 Å². The largest absolute Gasteiger partial charge is 0.487 e. The molecule has 0 radical (unpaired) electrons. The molecular weight excluding hydrogens is 524 g/mol. The standard InChI is InChI=1S/C33H44O8/c1-9-19-36-29(40-31(34)23(3)4)21-38-27-15-11-25(12-16-27)33(7,8)26-13-17-28(18-14-26)39-22-30(37-20-10-2)41-32(35)24(5)6/h11-18,29-30H,3,5,9-10,19-22H2,1-2,4,6-8H3. The van der Waals surface area contributed by atoms with Crippen LogP contribution in [0, 0.1) is 0 Å². The van der Waals surface area contributed by atoms with Crippen molar-refractivity contribution in [1.29, 1.82) is 0 Å². The van der Waals surface area contributed by atoms with Crippen LogP contribution in [0.15, 0.2) is 72.8 Å². The predicted octanol–water partition coefficient (Wildman–Crippen LogP) is 6.51. The van der Waals surface area contributed by atoms with Crippen LogP contribution in [0.3, 0.4) is 0 Å². The minimum atomic E-state index is -0.817. The molecule has 0 aliphatic heterocycles. The number of hydrogen-bond donors (Lipinski definition) is 0. The Bertz CT molecular complexity index is 1050. The van der Waals surface area contributed by atoms with Crippen molar-refractivity contribution in [3.8, 4) is 11.5 Å². The average molecular weight is 569 g/mol. The predicted molar refractivity (Wildman–Crippen MR) is 158 cm³/mol. The van der Waals surface area contributed by atoms with E-state index in [1.54, 1.807) is 13.8 Å². The first-order valence-corrected chi connectivity index (χ1v) is 13.9. The Morgan fingerprint density at radius 1 is 0.683 bits per heavy atom. The van der Waals surface area contributed by atoms with Gasteiger partial charge < -0.3 is 28.4 Å². The summed E-state index contributed by atoms with van der Waals surface area (Å²) in [5.74, 6) is 0.243. The zero-order valence-electron chi connectivity index (χ0n) is 25.2. The highest BCUT2D eigenvalue weighted by atomic mass is 16.7. The van der Waals surface area contributed by atoms with Crippen molar-refractivity contribution in [3.63, 3.8) is 0 Å². The molecule has 2 unspecified atom stereocenters. The van der Waals surface area contributed by atoms with Crippen LogP contribution < -0.4 is 9.47 Å². The van der Waals surface area contributed by atoms with Crippen molar-refractivity contribution in [2.75, 3.05) is 26.4 Å². The van der Waals surface area contributed by atoms with E-state index in [1.165, 1.54) is 0 Å². The summed E-state index contributed by atoms with van der Waals surface area (Å²) in [5, 5.41) is 0. The molecule has 0 spiro atoms. The van der Waals surface area contributed by atoms with Gasteiger partial charge in [-0.2, -0.15) is 0 Å². The Morgan fingerprint density at radius 3 is 1.32 bits per heavy atom. The molecule has 0 aliphatic rings. The van der Waals surface area contributed by atoms with Crippen LogP contribution in [0.4, 0.5) is 0 Å². The monoisotopic (exact) mass is 568 g/mol. The van der Waals surface area contributed by atoms with Crippen molar-refractivity contribution < 1.29 is 38.0 Å². The summed E-state index contributed by atoms with van der Waals surface area (Å²) in [6, 6.07) is 15.6. The quantitative estimate of drug-likeness (QED) is 0.114. The van der Waals surface area contributed by atoms with Gasteiger partial charge in [-0.15, -0.1) is 0 Å².